The Kier molecular flexibility index (Phi) is 7.31. The van der Waals surface area contributed by atoms with Crippen molar-refractivity contribution >= 4 is 33.0 Å². The van der Waals surface area contributed by atoms with Crippen molar-refractivity contribution in [3.8, 4) is 0 Å². The second-order valence-corrected chi connectivity index (χ2v) is 8.53. The molecule has 2 amide bonds. The summed E-state index contributed by atoms with van der Waals surface area (Å²) in [5.41, 5.74) is 2.02. The average Bonchev–Trinajstić information content (AvgIpc) is 2.61. The normalized spacial score (nSPS) is 11.3. The van der Waals surface area contributed by atoms with Gasteiger partial charge in [-0.3, -0.25) is 14.5 Å². The molecule has 2 rings (SSSR count). The van der Waals surface area contributed by atoms with E-state index in [0.29, 0.717) is 0 Å². The molecule has 0 atom stereocenters. The lowest BCUT2D eigenvalue weighted by atomic mass is 10.1. The van der Waals surface area contributed by atoms with Gasteiger partial charge < -0.3 is 10.6 Å². The summed E-state index contributed by atoms with van der Waals surface area (Å²) in [6.45, 7) is 1.98. The lowest BCUT2D eigenvalue weighted by molar-refractivity contribution is -0.119. The Morgan fingerprint density at radius 3 is 1.96 bits per heavy atom. The van der Waals surface area contributed by atoms with Gasteiger partial charge in [-0.15, -0.1) is 0 Å². The minimum Gasteiger partial charge on any atom is -0.325 e. The standard InChI is InChI=1S/C20H25N3O4S/c1-4-15-9-5-6-10-16(15)21-19(24)13-23(2)14-20(25)22-17-11-7-8-12-18(17)28(3,26)27/h5-12H,4,13-14H2,1-3H3,(H,21,24)(H,22,25). The van der Waals surface area contributed by atoms with Crippen molar-refractivity contribution in [2.75, 3.05) is 37.0 Å². The van der Waals surface area contributed by atoms with E-state index in [4.69, 9.17) is 0 Å². The summed E-state index contributed by atoms with van der Waals surface area (Å²) < 4.78 is 23.6. The summed E-state index contributed by atoms with van der Waals surface area (Å²) in [6, 6.07) is 13.8. The lowest BCUT2D eigenvalue weighted by Gasteiger charge is -2.17. The lowest BCUT2D eigenvalue weighted by Crippen LogP contribution is -2.36. The van der Waals surface area contributed by atoms with E-state index in [1.165, 1.54) is 12.1 Å². The monoisotopic (exact) mass is 403 g/mol. The van der Waals surface area contributed by atoms with Crippen LogP contribution in [0.5, 0.6) is 0 Å². The van der Waals surface area contributed by atoms with Gasteiger partial charge in [0.15, 0.2) is 9.84 Å². The highest BCUT2D eigenvalue weighted by atomic mass is 32.2. The molecule has 2 aromatic carbocycles. The molecule has 0 aromatic heterocycles. The van der Waals surface area contributed by atoms with Crippen molar-refractivity contribution in [1.82, 2.24) is 4.90 Å². The molecule has 0 radical (unpaired) electrons. The molecule has 0 aliphatic rings. The van der Waals surface area contributed by atoms with Crippen molar-refractivity contribution in [3.05, 3.63) is 54.1 Å². The maximum absolute atomic E-state index is 12.3. The Bertz CT molecular complexity index is 957. The maximum Gasteiger partial charge on any atom is 0.238 e. The highest BCUT2D eigenvalue weighted by molar-refractivity contribution is 7.90. The maximum atomic E-state index is 12.3. The number of likely N-dealkylation sites (N-methyl/N-ethyl adjacent to an activating group) is 1. The van der Waals surface area contributed by atoms with Gasteiger partial charge in [0.25, 0.3) is 0 Å². The van der Waals surface area contributed by atoms with Gasteiger partial charge in [0.2, 0.25) is 11.8 Å². The summed E-state index contributed by atoms with van der Waals surface area (Å²) >= 11 is 0. The zero-order valence-corrected chi connectivity index (χ0v) is 17.0. The molecule has 7 nitrogen and oxygen atoms in total. The Morgan fingerprint density at radius 2 is 1.39 bits per heavy atom. The van der Waals surface area contributed by atoms with Crippen molar-refractivity contribution in [1.29, 1.82) is 0 Å². The third kappa shape index (κ3) is 6.17. The van der Waals surface area contributed by atoms with Crippen molar-refractivity contribution in [2.45, 2.75) is 18.2 Å². The second-order valence-electron chi connectivity index (χ2n) is 6.55. The summed E-state index contributed by atoms with van der Waals surface area (Å²) in [5, 5.41) is 5.45. The number of aryl methyl sites for hydroxylation is 1. The second kappa shape index (κ2) is 9.48. The van der Waals surface area contributed by atoms with Gasteiger partial charge in [-0.05, 0) is 37.2 Å². The zero-order valence-electron chi connectivity index (χ0n) is 16.2. The van der Waals surface area contributed by atoms with Crippen LogP contribution in [0.25, 0.3) is 0 Å². The highest BCUT2D eigenvalue weighted by Crippen LogP contribution is 2.20. The first-order chi connectivity index (χ1) is 13.2. The van der Waals surface area contributed by atoms with Gasteiger partial charge in [0, 0.05) is 11.9 Å². The number of anilines is 2. The van der Waals surface area contributed by atoms with E-state index >= 15 is 0 Å². The molecule has 150 valence electrons. The van der Waals surface area contributed by atoms with E-state index in [9.17, 15) is 18.0 Å². The van der Waals surface area contributed by atoms with Gasteiger partial charge in [0.05, 0.1) is 23.7 Å². The molecular weight excluding hydrogens is 378 g/mol. The molecule has 8 heteroatoms. The SMILES string of the molecule is CCc1ccccc1NC(=O)CN(C)CC(=O)Nc1ccccc1S(C)(=O)=O. The van der Waals surface area contributed by atoms with E-state index in [2.05, 4.69) is 10.6 Å². The van der Waals surface area contributed by atoms with Crippen LogP contribution < -0.4 is 10.6 Å². The first kappa shape index (κ1) is 21.6. The molecule has 0 fully saturated rings. The molecule has 28 heavy (non-hydrogen) atoms. The van der Waals surface area contributed by atoms with Crippen LogP contribution in [0.1, 0.15) is 12.5 Å². The van der Waals surface area contributed by atoms with Gasteiger partial charge in [-0.2, -0.15) is 0 Å². The minimum atomic E-state index is -3.46. The molecule has 0 bridgehead atoms. The van der Waals surface area contributed by atoms with E-state index < -0.39 is 15.7 Å². The fourth-order valence-electron chi connectivity index (χ4n) is 2.77. The predicted octanol–water partition coefficient (Wildman–Crippen LogP) is 2.16. The van der Waals surface area contributed by atoms with Crippen LogP contribution in [0, 0.1) is 0 Å². The third-order valence-electron chi connectivity index (χ3n) is 4.06. The number of para-hydroxylation sites is 2. The number of carbonyl (C=O) groups is 2. The molecule has 0 spiro atoms. The number of hydrogen-bond donors (Lipinski definition) is 2. The summed E-state index contributed by atoms with van der Waals surface area (Å²) in [7, 11) is -1.81. The number of amides is 2. The van der Waals surface area contributed by atoms with Crippen LogP contribution in [0.15, 0.2) is 53.4 Å². The smallest absolute Gasteiger partial charge is 0.238 e. The number of carbonyl (C=O) groups excluding carboxylic acids is 2. The van der Waals surface area contributed by atoms with Crippen LogP contribution in [0.3, 0.4) is 0 Å². The predicted molar refractivity (Wildman–Crippen MR) is 110 cm³/mol. The molecule has 0 aliphatic heterocycles. The summed E-state index contributed by atoms with van der Waals surface area (Å²) in [4.78, 5) is 26.1. The van der Waals surface area contributed by atoms with Gasteiger partial charge in [-0.1, -0.05) is 37.3 Å². The Hall–Kier alpha value is -2.71. The Labute approximate surface area is 165 Å². The number of nitrogens with one attached hydrogen (secondary N) is 2. The zero-order chi connectivity index (χ0) is 20.7. The molecule has 0 aliphatic carbocycles. The Morgan fingerprint density at radius 1 is 0.893 bits per heavy atom. The molecule has 2 N–H and O–H groups in total. The van der Waals surface area contributed by atoms with E-state index in [0.717, 1.165) is 23.9 Å². The summed E-state index contributed by atoms with van der Waals surface area (Å²) in [5.74, 6) is -0.631. The largest absolute Gasteiger partial charge is 0.325 e. The number of benzene rings is 2. The van der Waals surface area contributed by atoms with Crippen molar-refractivity contribution < 1.29 is 18.0 Å². The Balaban J connectivity index is 1.94. The number of nitrogens with zero attached hydrogens (tertiary/aromatic N) is 1. The molecule has 0 saturated heterocycles. The third-order valence-corrected chi connectivity index (χ3v) is 5.21. The molecule has 0 heterocycles. The van der Waals surface area contributed by atoms with E-state index in [1.54, 1.807) is 24.1 Å². The quantitative estimate of drug-likeness (QED) is 0.704. The minimum absolute atomic E-state index is 0.0270. The van der Waals surface area contributed by atoms with Crippen LogP contribution in [0.4, 0.5) is 11.4 Å². The van der Waals surface area contributed by atoms with Crippen LogP contribution in [0.2, 0.25) is 0 Å². The molecule has 0 saturated carbocycles. The van der Waals surface area contributed by atoms with Gasteiger partial charge >= 0.3 is 0 Å². The number of hydrogen-bond acceptors (Lipinski definition) is 5. The number of rotatable bonds is 8. The van der Waals surface area contributed by atoms with Crippen molar-refractivity contribution in [2.24, 2.45) is 0 Å². The van der Waals surface area contributed by atoms with Crippen LogP contribution in [-0.4, -0.2) is 51.5 Å². The average molecular weight is 404 g/mol. The first-order valence-electron chi connectivity index (χ1n) is 8.86. The van der Waals surface area contributed by atoms with Gasteiger partial charge in [-0.25, -0.2) is 8.42 Å². The molecule has 0 unspecified atom stereocenters. The van der Waals surface area contributed by atoms with Crippen LogP contribution >= 0.6 is 0 Å². The topological polar surface area (TPSA) is 95.6 Å². The highest BCUT2D eigenvalue weighted by Gasteiger charge is 2.16. The van der Waals surface area contributed by atoms with Crippen LogP contribution in [-0.2, 0) is 25.8 Å². The van der Waals surface area contributed by atoms with E-state index in [-0.39, 0.29) is 29.6 Å². The number of sulfone groups is 1. The molecular formula is C20H25N3O4S. The first-order valence-corrected chi connectivity index (χ1v) is 10.7. The fourth-order valence-corrected chi connectivity index (χ4v) is 3.61. The van der Waals surface area contributed by atoms with E-state index in [1.807, 2.05) is 31.2 Å². The molecule has 2 aromatic rings. The van der Waals surface area contributed by atoms with Gasteiger partial charge in [0.1, 0.15) is 0 Å². The fraction of sp³-hybridized carbons (Fsp3) is 0.300. The summed E-state index contributed by atoms with van der Waals surface area (Å²) in [6.07, 6.45) is 1.89. The van der Waals surface area contributed by atoms with Crippen molar-refractivity contribution in [3.63, 3.8) is 0 Å².